The second kappa shape index (κ2) is 4.57. The SMILES string of the molecule is COC(=O)C1CCN(c2nccn(C)c2=O)C1. The highest BCUT2D eigenvalue weighted by atomic mass is 16.5. The fourth-order valence-corrected chi connectivity index (χ4v) is 2.01. The molecule has 1 aromatic heterocycles. The number of ether oxygens (including phenoxy) is 1. The molecule has 6 nitrogen and oxygen atoms in total. The molecule has 0 saturated carbocycles. The highest BCUT2D eigenvalue weighted by Crippen LogP contribution is 2.20. The van der Waals surface area contributed by atoms with E-state index in [1.54, 1.807) is 19.4 Å². The third-order valence-corrected chi connectivity index (χ3v) is 3.02. The number of methoxy groups -OCH3 is 1. The molecule has 17 heavy (non-hydrogen) atoms. The first-order chi connectivity index (χ1) is 8.13. The Bertz CT molecular complexity index is 483. The number of anilines is 1. The van der Waals surface area contributed by atoms with Crippen molar-refractivity contribution in [2.45, 2.75) is 6.42 Å². The van der Waals surface area contributed by atoms with Gasteiger partial charge in [-0.15, -0.1) is 0 Å². The van der Waals surface area contributed by atoms with Crippen LogP contribution in [0.1, 0.15) is 6.42 Å². The van der Waals surface area contributed by atoms with Gasteiger partial charge in [0.15, 0.2) is 5.82 Å². The maximum absolute atomic E-state index is 11.8. The fraction of sp³-hybridized carbons (Fsp3) is 0.545. The molecule has 0 spiro atoms. The first kappa shape index (κ1) is 11.6. The summed E-state index contributed by atoms with van der Waals surface area (Å²) in [5.74, 6) is 0.0216. The van der Waals surface area contributed by atoms with Crippen LogP contribution in [0, 0.1) is 5.92 Å². The summed E-state index contributed by atoms with van der Waals surface area (Å²) in [6.07, 6.45) is 3.90. The summed E-state index contributed by atoms with van der Waals surface area (Å²) < 4.78 is 6.18. The Hall–Kier alpha value is -1.85. The van der Waals surface area contributed by atoms with Crippen molar-refractivity contribution < 1.29 is 9.53 Å². The normalized spacial score (nSPS) is 19.4. The van der Waals surface area contributed by atoms with Crippen LogP contribution in [0.5, 0.6) is 0 Å². The van der Waals surface area contributed by atoms with Gasteiger partial charge in [0, 0.05) is 32.5 Å². The molecule has 1 aromatic rings. The van der Waals surface area contributed by atoms with Crippen molar-refractivity contribution >= 4 is 11.8 Å². The van der Waals surface area contributed by atoms with Crippen LogP contribution in [0.25, 0.3) is 0 Å². The molecule has 0 bridgehead atoms. The molecule has 0 aromatic carbocycles. The number of aryl methyl sites for hydroxylation is 1. The summed E-state index contributed by atoms with van der Waals surface area (Å²) in [5, 5.41) is 0. The predicted octanol–water partition coefficient (Wildman–Crippen LogP) is -0.220. The Morgan fingerprint density at radius 2 is 2.35 bits per heavy atom. The quantitative estimate of drug-likeness (QED) is 0.665. The highest BCUT2D eigenvalue weighted by Gasteiger charge is 2.30. The van der Waals surface area contributed by atoms with Gasteiger partial charge in [-0.2, -0.15) is 0 Å². The van der Waals surface area contributed by atoms with Crippen LogP contribution in [0.2, 0.25) is 0 Å². The van der Waals surface area contributed by atoms with Crippen molar-refractivity contribution in [1.29, 1.82) is 0 Å². The summed E-state index contributed by atoms with van der Waals surface area (Å²) in [6.45, 7) is 1.16. The number of hydrogen-bond donors (Lipinski definition) is 0. The summed E-state index contributed by atoms with van der Waals surface area (Å²) >= 11 is 0. The maximum atomic E-state index is 11.8. The minimum absolute atomic E-state index is 0.141. The van der Waals surface area contributed by atoms with Crippen molar-refractivity contribution in [3.05, 3.63) is 22.7 Å². The number of esters is 1. The maximum Gasteiger partial charge on any atom is 0.310 e. The summed E-state index contributed by atoms with van der Waals surface area (Å²) in [5.41, 5.74) is -0.141. The van der Waals surface area contributed by atoms with Gasteiger partial charge in [-0.05, 0) is 6.42 Å². The highest BCUT2D eigenvalue weighted by molar-refractivity contribution is 5.73. The molecule has 0 N–H and O–H groups in total. The van der Waals surface area contributed by atoms with E-state index in [2.05, 4.69) is 4.98 Å². The molecule has 1 saturated heterocycles. The number of rotatable bonds is 2. The van der Waals surface area contributed by atoms with Gasteiger partial charge in [0.2, 0.25) is 0 Å². The van der Waals surface area contributed by atoms with E-state index >= 15 is 0 Å². The van der Waals surface area contributed by atoms with Crippen molar-refractivity contribution in [3.63, 3.8) is 0 Å². The monoisotopic (exact) mass is 237 g/mol. The smallest absolute Gasteiger partial charge is 0.310 e. The van der Waals surface area contributed by atoms with E-state index < -0.39 is 0 Å². The van der Waals surface area contributed by atoms with Crippen LogP contribution in [0.4, 0.5) is 5.82 Å². The van der Waals surface area contributed by atoms with E-state index in [0.717, 1.165) is 0 Å². The molecule has 0 amide bonds. The van der Waals surface area contributed by atoms with Crippen LogP contribution in [-0.4, -0.2) is 35.7 Å². The lowest BCUT2D eigenvalue weighted by atomic mass is 10.1. The lowest BCUT2D eigenvalue weighted by Gasteiger charge is -2.16. The van der Waals surface area contributed by atoms with Gasteiger partial charge < -0.3 is 14.2 Å². The minimum atomic E-state index is -0.222. The first-order valence-corrected chi connectivity index (χ1v) is 5.48. The molecular weight excluding hydrogens is 222 g/mol. The van der Waals surface area contributed by atoms with E-state index in [4.69, 9.17) is 4.74 Å². The average Bonchev–Trinajstić information content (AvgIpc) is 2.81. The molecule has 0 radical (unpaired) electrons. The third kappa shape index (κ3) is 2.15. The Balaban J connectivity index is 2.18. The Morgan fingerprint density at radius 1 is 1.59 bits per heavy atom. The molecule has 1 aliphatic rings. The lowest BCUT2D eigenvalue weighted by molar-refractivity contribution is -0.144. The second-order valence-electron chi connectivity index (χ2n) is 4.12. The summed E-state index contributed by atoms with van der Waals surface area (Å²) in [4.78, 5) is 29.2. The molecule has 92 valence electrons. The zero-order valence-electron chi connectivity index (χ0n) is 9.92. The summed E-state index contributed by atoms with van der Waals surface area (Å²) in [6, 6.07) is 0. The van der Waals surface area contributed by atoms with E-state index in [1.165, 1.54) is 11.7 Å². The fourth-order valence-electron chi connectivity index (χ4n) is 2.01. The predicted molar refractivity (Wildman–Crippen MR) is 61.8 cm³/mol. The van der Waals surface area contributed by atoms with Crippen LogP contribution in [0.3, 0.4) is 0 Å². The van der Waals surface area contributed by atoms with Crippen molar-refractivity contribution in [3.8, 4) is 0 Å². The molecule has 1 unspecified atom stereocenters. The standard InChI is InChI=1S/C11H15N3O3/c1-13-6-4-12-9(10(13)15)14-5-3-8(7-14)11(16)17-2/h4,6,8H,3,5,7H2,1-2H3. The molecule has 1 fully saturated rings. The van der Waals surface area contributed by atoms with Gasteiger partial charge in [-0.3, -0.25) is 9.59 Å². The van der Waals surface area contributed by atoms with Crippen LogP contribution in [-0.2, 0) is 16.6 Å². The topological polar surface area (TPSA) is 64.4 Å². The van der Waals surface area contributed by atoms with E-state index in [1.807, 2.05) is 4.90 Å². The van der Waals surface area contributed by atoms with Gasteiger partial charge in [-0.1, -0.05) is 0 Å². The molecule has 2 rings (SSSR count). The zero-order chi connectivity index (χ0) is 12.4. The van der Waals surface area contributed by atoms with Crippen molar-refractivity contribution in [2.24, 2.45) is 13.0 Å². The van der Waals surface area contributed by atoms with Crippen molar-refractivity contribution in [1.82, 2.24) is 9.55 Å². The van der Waals surface area contributed by atoms with Crippen LogP contribution in [0.15, 0.2) is 17.2 Å². The zero-order valence-corrected chi connectivity index (χ0v) is 9.92. The largest absolute Gasteiger partial charge is 0.469 e. The second-order valence-corrected chi connectivity index (χ2v) is 4.12. The van der Waals surface area contributed by atoms with Gasteiger partial charge in [0.1, 0.15) is 0 Å². The van der Waals surface area contributed by atoms with E-state index in [-0.39, 0.29) is 17.4 Å². The molecule has 6 heteroatoms. The molecule has 0 aliphatic carbocycles. The van der Waals surface area contributed by atoms with Crippen LogP contribution >= 0.6 is 0 Å². The number of aromatic nitrogens is 2. The molecule has 2 heterocycles. The molecular formula is C11H15N3O3. The lowest BCUT2D eigenvalue weighted by Crippen LogP contribution is -2.31. The number of carbonyl (C=O) groups is 1. The minimum Gasteiger partial charge on any atom is -0.469 e. The number of nitrogens with zero attached hydrogens (tertiary/aromatic N) is 3. The van der Waals surface area contributed by atoms with Gasteiger partial charge in [0.25, 0.3) is 5.56 Å². The van der Waals surface area contributed by atoms with E-state index in [0.29, 0.717) is 25.3 Å². The first-order valence-electron chi connectivity index (χ1n) is 5.48. The average molecular weight is 237 g/mol. The number of carbonyl (C=O) groups excluding carboxylic acids is 1. The van der Waals surface area contributed by atoms with Gasteiger partial charge in [0.05, 0.1) is 13.0 Å². The Kier molecular flexibility index (Phi) is 3.12. The van der Waals surface area contributed by atoms with Gasteiger partial charge >= 0.3 is 5.97 Å². The van der Waals surface area contributed by atoms with Gasteiger partial charge in [-0.25, -0.2) is 4.98 Å². The third-order valence-electron chi connectivity index (χ3n) is 3.02. The Labute approximate surface area is 98.8 Å². The molecule has 1 aliphatic heterocycles. The summed E-state index contributed by atoms with van der Waals surface area (Å²) in [7, 11) is 3.06. The Morgan fingerprint density at radius 3 is 3.06 bits per heavy atom. The molecule has 1 atom stereocenters. The van der Waals surface area contributed by atoms with Crippen LogP contribution < -0.4 is 10.5 Å². The van der Waals surface area contributed by atoms with Crippen molar-refractivity contribution in [2.75, 3.05) is 25.1 Å². The number of hydrogen-bond acceptors (Lipinski definition) is 5. The van der Waals surface area contributed by atoms with E-state index in [9.17, 15) is 9.59 Å².